The summed E-state index contributed by atoms with van der Waals surface area (Å²) in [5.41, 5.74) is 19.8. The lowest BCUT2D eigenvalue weighted by atomic mass is 9.35. The number of fused-ring (bicyclic) bond motifs is 10. The molecule has 0 radical (unpaired) electrons. The topological polar surface area (TPSA) is 19.6 Å². The molecule has 59 heavy (non-hydrogen) atoms. The lowest BCUT2D eigenvalue weighted by molar-refractivity contribution is 0.122. The van der Waals surface area contributed by atoms with Gasteiger partial charge in [0.15, 0.2) is 0 Å². The molecule has 4 heteroatoms. The van der Waals surface area contributed by atoms with Gasteiger partial charge in [-0.15, -0.1) is 0 Å². The molecule has 4 fully saturated rings. The van der Waals surface area contributed by atoms with Gasteiger partial charge < -0.3 is 14.2 Å². The third-order valence-electron chi connectivity index (χ3n) is 17.2. The van der Waals surface area contributed by atoms with Crippen LogP contribution in [0.3, 0.4) is 0 Å². The Kier molecular flexibility index (Phi) is 7.62. The van der Waals surface area contributed by atoms with Crippen molar-refractivity contribution in [1.29, 1.82) is 0 Å². The van der Waals surface area contributed by atoms with Gasteiger partial charge in [-0.05, 0) is 180 Å². The molecule has 0 N–H and O–H groups in total. The molecule has 0 amide bonds. The maximum atomic E-state index is 7.35. The van der Waals surface area contributed by atoms with E-state index < -0.39 is 0 Å². The summed E-state index contributed by atoms with van der Waals surface area (Å²) >= 11 is 0. The predicted molar refractivity (Wildman–Crippen MR) is 248 cm³/mol. The maximum absolute atomic E-state index is 7.35. The second kappa shape index (κ2) is 12.4. The van der Waals surface area contributed by atoms with E-state index in [0.29, 0.717) is 29.1 Å². The van der Waals surface area contributed by atoms with E-state index in [2.05, 4.69) is 162 Å². The van der Waals surface area contributed by atoms with Crippen LogP contribution in [0.2, 0.25) is 0 Å². The first kappa shape index (κ1) is 36.2. The number of nitrogens with zero attached hydrogens (tertiary/aromatic N) is 2. The number of aryl methyl sites for hydroxylation is 2. The van der Waals surface area contributed by atoms with Gasteiger partial charge in [0.25, 0.3) is 6.71 Å². The molecular weight excluding hydrogens is 715 g/mol. The minimum Gasteiger partial charge on any atom is -0.468 e. The molecule has 4 aliphatic carbocycles. The highest BCUT2D eigenvalue weighted by Crippen LogP contribution is 2.65. The van der Waals surface area contributed by atoms with Crippen LogP contribution in [0.5, 0.6) is 0 Å². The molecule has 7 atom stereocenters. The van der Waals surface area contributed by atoms with Crippen molar-refractivity contribution in [1.82, 2.24) is 0 Å². The highest BCUT2D eigenvalue weighted by atomic mass is 16.3. The van der Waals surface area contributed by atoms with Crippen molar-refractivity contribution in [2.75, 3.05) is 9.80 Å². The Hall–Kier alpha value is -4.70. The lowest BCUT2D eigenvalue weighted by Crippen LogP contribution is -2.61. The number of anilines is 6. The van der Waals surface area contributed by atoms with Crippen LogP contribution in [0.1, 0.15) is 120 Å². The Labute approximate surface area is 352 Å². The number of rotatable bonds is 4. The molecule has 4 bridgehead atoms. The average Bonchev–Trinajstić information content (AvgIpc) is 4.06. The fraction of sp³-hybridized carbons (Fsp3) is 0.418. The number of benzene rings is 5. The Morgan fingerprint density at radius 3 is 2.07 bits per heavy atom. The molecule has 7 unspecified atom stereocenters. The Bertz CT molecular complexity index is 2680. The Morgan fingerprint density at radius 2 is 1.39 bits per heavy atom. The smallest absolute Gasteiger partial charge is 0.297 e. The monoisotopic (exact) mass is 774 g/mol. The first-order chi connectivity index (χ1) is 28.3. The largest absolute Gasteiger partial charge is 0.468 e. The Morgan fingerprint density at radius 1 is 0.678 bits per heavy atom. The van der Waals surface area contributed by atoms with Gasteiger partial charge in [-0.1, -0.05) is 102 Å². The van der Waals surface area contributed by atoms with E-state index in [1.165, 1.54) is 117 Å². The molecule has 1 aromatic heterocycles. The van der Waals surface area contributed by atoms with Crippen LogP contribution in [-0.2, 0) is 5.41 Å². The summed E-state index contributed by atoms with van der Waals surface area (Å²) in [6, 6.07) is 38.5. The lowest BCUT2D eigenvalue weighted by Gasteiger charge is -2.44. The maximum Gasteiger partial charge on any atom is 0.297 e. The van der Waals surface area contributed by atoms with Crippen LogP contribution in [0.15, 0.2) is 101 Å². The van der Waals surface area contributed by atoms with Gasteiger partial charge >= 0.3 is 0 Å². The summed E-state index contributed by atoms with van der Waals surface area (Å²) in [6.45, 7) is 19.0. The van der Waals surface area contributed by atoms with E-state index in [9.17, 15) is 0 Å². The average molecular weight is 775 g/mol. The highest BCUT2D eigenvalue weighted by molar-refractivity contribution is 7.00. The first-order valence-electron chi connectivity index (χ1n) is 23.0. The summed E-state index contributed by atoms with van der Waals surface area (Å²) in [4.78, 5) is 5.24. The first-order valence-corrected chi connectivity index (χ1v) is 23.0. The summed E-state index contributed by atoms with van der Waals surface area (Å²) in [5.74, 6) is 5.07. The van der Waals surface area contributed by atoms with E-state index in [1.54, 1.807) is 0 Å². The Balaban J connectivity index is 1.15. The fourth-order valence-corrected chi connectivity index (χ4v) is 13.6. The predicted octanol–water partition coefficient (Wildman–Crippen LogP) is 13.1. The molecule has 6 aromatic rings. The van der Waals surface area contributed by atoms with Crippen molar-refractivity contribution in [2.45, 2.75) is 111 Å². The van der Waals surface area contributed by atoms with E-state index in [1.807, 2.05) is 0 Å². The molecular formula is C55H59BN2O. The van der Waals surface area contributed by atoms with Crippen LogP contribution in [0, 0.1) is 48.9 Å². The third kappa shape index (κ3) is 5.20. The molecule has 3 heterocycles. The highest BCUT2D eigenvalue weighted by Gasteiger charge is 2.56. The number of furan rings is 1. The van der Waals surface area contributed by atoms with Gasteiger partial charge in [0, 0.05) is 33.8 Å². The standard InChI is InChI=1S/C55H59BN2O/c1-31-9-17-40(18-10-31)57-47-21-11-32(2)23-46(47)56-51-48(57)27-37(44-30-39-29-42(44)33(3)55(39,7)8)28-49(51)58(41-19-15-38(16-20-41)54(4,5)6)52-45-26-36(14-22-50(45)59-53(52)56)43-25-34-12-13-35(43)24-34/h9-11,14-23,26-28,33-35,39,42-44H,12-13,24-25,29-30H2,1-8H3. The van der Waals surface area contributed by atoms with Gasteiger partial charge in [-0.25, -0.2) is 0 Å². The molecule has 6 aliphatic rings. The van der Waals surface area contributed by atoms with Gasteiger partial charge in [0.1, 0.15) is 5.58 Å². The van der Waals surface area contributed by atoms with E-state index in [-0.39, 0.29) is 12.1 Å². The van der Waals surface area contributed by atoms with Crippen LogP contribution in [-0.4, -0.2) is 6.71 Å². The molecule has 12 rings (SSSR count). The van der Waals surface area contributed by atoms with Crippen molar-refractivity contribution >= 4 is 68.4 Å². The van der Waals surface area contributed by atoms with Gasteiger partial charge in [-0.3, -0.25) is 0 Å². The molecule has 3 nitrogen and oxygen atoms in total. The second-order valence-corrected chi connectivity index (χ2v) is 21.7. The van der Waals surface area contributed by atoms with Crippen LogP contribution in [0.25, 0.3) is 11.0 Å². The fourth-order valence-electron chi connectivity index (χ4n) is 13.6. The van der Waals surface area contributed by atoms with Crippen molar-refractivity contribution in [3.63, 3.8) is 0 Å². The molecule has 0 saturated heterocycles. The van der Waals surface area contributed by atoms with Gasteiger partial charge in [-0.2, -0.15) is 0 Å². The quantitative estimate of drug-likeness (QED) is 0.166. The summed E-state index contributed by atoms with van der Waals surface area (Å²) < 4.78 is 7.35. The number of hydrogen-bond donors (Lipinski definition) is 0. The minimum absolute atomic E-state index is 0.0259. The van der Waals surface area contributed by atoms with Crippen molar-refractivity contribution in [2.24, 2.45) is 35.0 Å². The van der Waals surface area contributed by atoms with E-state index in [4.69, 9.17) is 4.42 Å². The summed E-state index contributed by atoms with van der Waals surface area (Å²) in [7, 11) is 0. The molecule has 4 saturated carbocycles. The van der Waals surface area contributed by atoms with E-state index in [0.717, 1.165) is 29.0 Å². The molecule has 5 aromatic carbocycles. The zero-order valence-electron chi connectivity index (χ0n) is 36.4. The number of hydrogen-bond acceptors (Lipinski definition) is 3. The summed E-state index contributed by atoms with van der Waals surface area (Å²) in [6.07, 6.45) is 8.17. The molecule has 298 valence electrons. The SMILES string of the molecule is Cc1ccc(N2c3ccc(C)cc3B3c4oc5ccc(C6CC7CCC6C7)cc5c4N(c4ccc(C(C)(C)C)cc4)c4cc(C5CC6CC5C(C)C6(C)C)cc2c43)cc1. The summed E-state index contributed by atoms with van der Waals surface area (Å²) in [5, 5.41) is 1.27. The van der Waals surface area contributed by atoms with Gasteiger partial charge in [0.2, 0.25) is 0 Å². The van der Waals surface area contributed by atoms with Gasteiger partial charge in [0.05, 0.1) is 11.3 Å². The zero-order chi connectivity index (χ0) is 40.3. The van der Waals surface area contributed by atoms with Crippen LogP contribution in [0.4, 0.5) is 34.1 Å². The third-order valence-corrected chi connectivity index (χ3v) is 17.2. The van der Waals surface area contributed by atoms with Crippen LogP contribution >= 0.6 is 0 Å². The van der Waals surface area contributed by atoms with Crippen LogP contribution < -0.4 is 26.4 Å². The van der Waals surface area contributed by atoms with Crippen molar-refractivity contribution in [3.05, 3.63) is 125 Å². The molecule has 2 aliphatic heterocycles. The zero-order valence-corrected chi connectivity index (χ0v) is 36.4. The van der Waals surface area contributed by atoms with Crippen molar-refractivity contribution < 1.29 is 4.42 Å². The van der Waals surface area contributed by atoms with E-state index >= 15 is 0 Å². The molecule has 0 spiro atoms. The second-order valence-electron chi connectivity index (χ2n) is 21.7. The normalized spacial score (nSPS) is 27.1. The minimum atomic E-state index is -0.0259. The van der Waals surface area contributed by atoms with Crippen molar-refractivity contribution in [3.8, 4) is 0 Å².